The molecule has 0 aliphatic carbocycles. The first-order valence-electron chi connectivity index (χ1n) is 25.4. The van der Waals surface area contributed by atoms with Crippen molar-refractivity contribution in [3.8, 4) is 0 Å². The third-order valence-electron chi connectivity index (χ3n) is 17.0. The summed E-state index contributed by atoms with van der Waals surface area (Å²) in [6, 6.07) is 96.5. The molecule has 6 heterocycles. The molecular weight excluding hydrogens is 952 g/mol. The van der Waals surface area contributed by atoms with Crippen molar-refractivity contribution in [2.24, 2.45) is 0 Å². The van der Waals surface area contributed by atoms with Crippen LogP contribution in [0.3, 0.4) is 0 Å². The maximum absolute atomic E-state index is 3.01. The van der Waals surface area contributed by atoms with Crippen LogP contribution in [0, 0.1) is 0 Å². The Morgan fingerprint density at radius 1 is 0.288 bits per heavy atom. The molecule has 73 heavy (non-hydrogen) atoms. The van der Waals surface area contributed by atoms with E-state index in [0.717, 1.165) is 0 Å². The molecule has 7 heteroatoms. The minimum atomic E-state index is -3.01. The maximum atomic E-state index is 2.76. The lowest BCUT2D eigenvalue weighted by Gasteiger charge is -2.53. The third-order valence-corrected chi connectivity index (χ3v) is 29.0. The van der Waals surface area contributed by atoms with Gasteiger partial charge in [0.1, 0.15) is 0 Å². The van der Waals surface area contributed by atoms with E-state index < -0.39 is 16.1 Å². The van der Waals surface area contributed by atoms with E-state index in [9.17, 15) is 0 Å². The molecule has 0 atom stereocenters. The van der Waals surface area contributed by atoms with Crippen molar-refractivity contribution in [2.75, 3.05) is 9.80 Å². The summed E-state index contributed by atoms with van der Waals surface area (Å²) in [6.07, 6.45) is 0. The van der Waals surface area contributed by atoms with Crippen LogP contribution in [0.5, 0.6) is 0 Å². The molecule has 2 nitrogen and oxygen atoms in total. The number of thiophene rings is 2. The Kier molecular flexibility index (Phi) is 8.21. The van der Waals surface area contributed by atoms with Crippen LogP contribution in [0.15, 0.2) is 249 Å². The summed E-state index contributed by atoms with van der Waals surface area (Å²) in [6.45, 7) is -0.0218. The summed E-state index contributed by atoms with van der Waals surface area (Å²) in [4.78, 5) is 5.52. The summed E-state index contributed by atoms with van der Waals surface area (Å²) in [5, 5.41) is 16.7. The molecule has 0 N–H and O–H groups in total. The van der Waals surface area contributed by atoms with Crippen LogP contribution in [-0.2, 0) is 0 Å². The zero-order valence-electron chi connectivity index (χ0n) is 39.5. The molecule has 11 aromatic carbocycles. The average molecular weight is 993 g/mol. The minimum Gasteiger partial charge on any atom is -0.310 e. The molecular formula is C66H41BN2S2Si2. The van der Waals surface area contributed by atoms with Crippen LogP contribution in [-0.4, -0.2) is 22.9 Å². The van der Waals surface area contributed by atoms with Gasteiger partial charge in [0.15, 0.2) is 16.1 Å². The zero-order valence-corrected chi connectivity index (χ0v) is 43.1. The molecule has 0 unspecified atom stereocenters. The van der Waals surface area contributed by atoms with Gasteiger partial charge < -0.3 is 9.80 Å². The normalized spacial score (nSPS) is 15.0. The van der Waals surface area contributed by atoms with Crippen molar-refractivity contribution in [1.82, 2.24) is 0 Å². The van der Waals surface area contributed by atoms with Gasteiger partial charge in [-0.2, -0.15) is 0 Å². The topological polar surface area (TPSA) is 6.48 Å². The van der Waals surface area contributed by atoms with Crippen molar-refractivity contribution in [2.45, 2.75) is 0 Å². The number of anilines is 6. The van der Waals surface area contributed by atoms with E-state index in [1.165, 1.54) is 132 Å². The van der Waals surface area contributed by atoms with E-state index in [4.69, 9.17) is 0 Å². The van der Waals surface area contributed by atoms with Crippen molar-refractivity contribution in [3.05, 3.63) is 249 Å². The second-order valence-electron chi connectivity index (χ2n) is 20.1. The molecule has 338 valence electrons. The maximum Gasteiger partial charge on any atom is 0.252 e. The molecule has 4 aliphatic heterocycles. The van der Waals surface area contributed by atoms with Crippen LogP contribution in [0.4, 0.5) is 34.1 Å². The Morgan fingerprint density at radius 2 is 0.644 bits per heavy atom. The molecule has 4 aliphatic rings. The molecule has 0 radical (unpaired) electrons. The van der Waals surface area contributed by atoms with Gasteiger partial charge in [-0.05, 0) is 82.1 Å². The quantitative estimate of drug-likeness (QED) is 0.162. The molecule has 0 spiro atoms. The van der Waals surface area contributed by atoms with E-state index in [1.54, 1.807) is 0 Å². The summed E-state index contributed by atoms with van der Waals surface area (Å²) in [7, 11) is -6.02. The van der Waals surface area contributed by atoms with Gasteiger partial charge in [-0.3, -0.25) is 0 Å². The number of hydrogen-bond donors (Lipinski definition) is 0. The van der Waals surface area contributed by atoms with Gasteiger partial charge in [-0.15, -0.1) is 22.7 Å². The van der Waals surface area contributed by atoms with E-state index in [-0.39, 0.29) is 6.71 Å². The fourth-order valence-electron chi connectivity index (χ4n) is 14.3. The minimum absolute atomic E-state index is 0.0218. The van der Waals surface area contributed by atoms with Crippen molar-refractivity contribution in [1.29, 1.82) is 0 Å². The number of fused-ring (bicyclic) bond motifs is 16. The molecule has 0 saturated carbocycles. The monoisotopic (exact) mass is 992 g/mol. The first kappa shape index (κ1) is 40.5. The van der Waals surface area contributed by atoms with Crippen LogP contribution in [0.1, 0.15) is 0 Å². The lowest BCUT2D eigenvalue weighted by molar-refractivity contribution is 1.27. The number of nitrogens with zero attached hydrogens (tertiary/aromatic N) is 2. The first-order chi connectivity index (χ1) is 36.3. The lowest BCUT2D eigenvalue weighted by atomic mass is 9.33. The highest BCUT2D eigenvalue weighted by molar-refractivity contribution is 7.29. The lowest BCUT2D eigenvalue weighted by Crippen LogP contribution is -2.80. The fourth-order valence-corrected chi connectivity index (χ4v) is 27.3. The Labute approximate surface area is 433 Å². The van der Waals surface area contributed by atoms with Gasteiger partial charge in [0.25, 0.3) is 6.71 Å². The van der Waals surface area contributed by atoms with Crippen LogP contribution in [0.25, 0.3) is 40.3 Å². The van der Waals surface area contributed by atoms with E-state index >= 15 is 0 Å². The summed E-state index contributed by atoms with van der Waals surface area (Å²) >= 11 is 3.92. The van der Waals surface area contributed by atoms with Gasteiger partial charge in [0.2, 0.25) is 0 Å². The number of benzene rings is 11. The number of hydrogen-bond acceptors (Lipinski definition) is 4. The molecule has 17 rings (SSSR count). The summed E-state index contributed by atoms with van der Waals surface area (Å²) < 4.78 is 5.36. The fraction of sp³-hybridized carbons (Fsp3) is 0. The van der Waals surface area contributed by atoms with Crippen molar-refractivity contribution >= 4 is 178 Å². The molecule has 0 saturated heterocycles. The van der Waals surface area contributed by atoms with E-state index in [2.05, 4.69) is 259 Å². The van der Waals surface area contributed by atoms with Crippen LogP contribution < -0.4 is 67.7 Å². The molecule has 2 aromatic heterocycles. The highest BCUT2D eigenvalue weighted by atomic mass is 32.1. The van der Waals surface area contributed by atoms with Crippen LogP contribution in [0.2, 0.25) is 0 Å². The number of para-hydroxylation sites is 2. The number of rotatable bonds is 4. The summed E-state index contributed by atoms with van der Waals surface area (Å²) in [5.41, 5.74) is 12.1. The Morgan fingerprint density at radius 3 is 1.05 bits per heavy atom. The van der Waals surface area contributed by atoms with Crippen LogP contribution >= 0.6 is 22.7 Å². The van der Waals surface area contributed by atoms with Gasteiger partial charge in [0.05, 0.1) is 20.8 Å². The Bertz CT molecular complexity index is 4120. The zero-order chi connectivity index (χ0) is 47.6. The SMILES string of the molecule is c1ccc([Si]2(c3ccccc3)c3cccc4c3N(c3cccc5c3B4c3cccc4c3N5c3c(ccc5c3sc3ccccc35)[Si]4(c3ccccc3)c3ccccc3)c3c2ccc2c3sc3ccccc32)cc1. The average Bonchev–Trinajstić information content (AvgIpc) is 4.10. The Hall–Kier alpha value is -8.04. The van der Waals surface area contributed by atoms with Gasteiger partial charge in [-0.1, -0.05) is 224 Å². The second-order valence-corrected chi connectivity index (χ2v) is 29.7. The van der Waals surface area contributed by atoms with Gasteiger partial charge >= 0.3 is 0 Å². The third kappa shape index (κ3) is 4.98. The van der Waals surface area contributed by atoms with Gasteiger partial charge in [-0.25, -0.2) is 0 Å². The first-order valence-corrected chi connectivity index (χ1v) is 31.0. The molecule has 0 fully saturated rings. The van der Waals surface area contributed by atoms with Gasteiger partial charge in [0, 0.05) is 53.7 Å². The predicted molar refractivity (Wildman–Crippen MR) is 321 cm³/mol. The van der Waals surface area contributed by atoms with Crippen molar-refractivity contribution < 1.29 is 0 Å². The molecule has 0 amide bonds. The predicted octanol–water partition coefficient (Wildman–Crippen LogP) is 9.89. The highest BCUT2D eigenvalue weighted by Crippen LogP contribution is 2.52. The molecule has 13 aromatic rings. The largest absolute Gasteiger partial charge is 0.310 e. The summed E-state index contributed by atoms with van der Waals surface area (Å²) in [5.74, 6) is 0. The second kappa shape index (κ2) is 14.8. The smallest absolute Gasteiger partial charge is 0.252 e. The van der Waals surface area contributed by atoms with E-state index in [1.807, 2.05) is 22.7 Å². The van der Waals surface area contributed by atoms with Crippen molar-refractivity contribution in [3.63, 3.8) is 0 Å². The highest BCUT2D eigenvalue weighted by Gasteiger charge is 2.57. The van der Waals surface area contributed by atoms with E-state index in [0.29, 0.717) is 0 Å². The Balaban J connectivity index is 1.06. The standard InChI is InChI=1S/C66H41BN2S2Si2/c1-5-20-42(21-6-1)72(43-22-7-2-8-23-43)56-36-17-30-50-61(56)68(63-58(72)40-38-48-46-28-13-15-34-54(46)70-65(48)63)52-32-19-33-53-60(52)67(50)51-31-18-37-57-62(51)69(53)64-59(41-39-49-47-29-14-16-35-55(47)71-66(49)64)73(57,44-24-9-3-10-25-44)45-26-11-4-12-27-45/h1-41H. The molecule has 0 bridgehead atoms.